The highest BCUT2D eigenvalue weighted by Gasteiger charge is 2.53. The minimum Gasteiger partial charge on any atom is -0.477 e. The van der Waals surface area contributed by atoms with Crippen molar-refractivity contribution in [3.63, 3.8) is 0 Å². The molecular formula is C19H27N7O3S2. The Morgan fingerprint density at radius 2 is 2.26 bits per heavy atom. The number of nitrogens with one attached hydrogen (secondary N) is 1. The Labute approximate surface area is 189 Å². The van der Waals surface area contributed by atoms with Crippen LogP contribution >= 0.6 is 23.5 Å². The van der Waals surface area contributed by atoms with Gasteiger partial charge in [0.2, 0.25) is 0 Å². The number of H-pyrrole nitrogens is 1. The van der Waals surface area contributed by atoms with Crippen LogP contribution in [0, 0.1) is 5.92 Å². The number of fused-ring (bicyclic) bond motifs is 1. The van der Waals surface area contributed by atoms with Crippen molar-refractivity contribution in [1.29, 1.82) is 0 Å². The number of likely N-dealkylation sites (tertiary alicyclic amines) is 1. The van der Waals surface area contributed by atoms with E-state index in [0.717, 1.165) is 50.4 Å². The van der Waals surface area contributed by atoms with E-state index in [-0.39, 0.29) is 17.0 Å². The van der Waals surface area contributed by atoms with Gasteiger partial charge in [0.05, 0.1) is 12.5 Å². The fourth-order valence-corrected chi connectivity index (χ4v) is 6.39. The molecule has 1 unspecified atom stereocenters. The molecule has 2 atom stereocenters. The SMILES string of the molecule is NCCCC1CCN(C=NC2C(=O)N3C(C(=O)O)=C(CSc4cn[nH]n4)CS[C@H]23)CC1. The van der Waals surface area contributed by atoms with Gasteiger partial charge in [-0.1, -0.05) is 11.8 Å². The maximum atomic E-state index is 12.8. The van der Waals surface area contributed by atoms with Crippen LogP contribution in [0.1, 0.15) is 25.7 Å². The number of nitrogens with two attached hydrogens (primary N) is 1. The molecule has 3 aliphatic heterocycles. The molecule has 4 heterocycles. The Bertz CT molecular complexity index is 853. The van der Waals surface area contributed by atoms with Crippen LogP contribution < -0.4 is 5.73 Å². The number of carbonyl (C=O) groups excluding carboxylic acids is 1. The predicted molar refractivity (Wildman–Crippen MR) is 120 cm³/mol. The third kappa shape index (κ3) is 4.90. The van der Waals surface area contributed by atoms with Gasteiger partial charge < -0.3 is 15.7 Å². The number of carbonyl (C=O) groups is 2. The van der Waals surface area contributed by atoms with Crippen molar-refractivity contribution in [3.05, 3.63) is 17.5 Å². The number of nitrogens with zero attached hydrogens (tertiary/aromatic N) is 5. The second kappa shape index (κ2) is 10.0. The number of thioether (sulfide) groups is 2. The van der Waals surface area contributed by atoms with Gasteiger partial charge in [-0.05, 0) is 43.7 Å². The van der Waals surface area contributed by atoms with Crippen LogP contribution in [0.3, 0.4) is 0 Å². The Hall–Kier alpha value is -2.05. The number of aliphatic imine (C=N–C) groups is 1. The molecule has 0 saturated carbocycles. The summed E-state index contributed by atoms with van der Waals surface area (Å²) in [4.78, 5) is 32.8. The van der Waals surface area contributed by atoms with E-state index in [0.29, 0.717) is 16.5 Å². The highest BCUT2D eigenvalue weighted by molar-refractivity contribution is 8.01. The van der Waals surface area contributed by atoms with Gasteiger partial charge in [0, 0.05) is 24.6 Å². The summed E-state index contributed by atoms with van der Waals surface area (Å²) in [6.07, 6.45) is 7.87. The molecule has 31 heavy (non-hydrogen) atoms. The molecule has 4 N–H and O–H groups in total. The van der Waals surface area contributed by atoms with Gasteiger partial charge in [-0.3, -0.25) is 14.7 Å². The fraction of sp³-hybridized carbons (Fsp3) is 0.632. The number of piperidine rings is 1. The van der Waals surface area contributed by atoms with E-state index in [1.165, 1.54) is 23.1 Å². The third-order valence-corrected chi connectivity index (χ3v) is 8.18. The highest BCUT2D eigenvalue weighted by Crippen LogP contribution is 2.42. The van der Waals surface area contributed by atoms with Crippen LogP contribution in [-0.4, -0.2) is 91.1 Å². The number of aliphatic carboxylic acids is 1. The van der Waals surface area contributed by atoms with Gasteiger partial charge in [0.1, 0.15) is 16.1 Å². The average Bonchev–Trinajstić information content (AvgIpc) is 3.30. The second-order valence-corrected chi connectivity index (χ2v) is 9.98. The molecule has 0 spiro atoms. The zero-order valence-corrected chi connectivity index (χ0v) is 18.8. The Balaban J connectivity index is 1.35. The van der Waals surface area contributed by atoms with Crippen molar-refractivity contribution in [1.82, 2.24) is 25.2 Å². The van der Waals surface area contributed by atoms with Gasteiger partial charge in [-0.2, -0.15) is 10.3 Å². The van der Waals surface area contributed by atoms with E-state index in [2.05, 4.69) is 25.3 Å². The topological polar surface area (TPSA) is 141 Å². The first-order chi connectivity index (χ1) is 15.1. The number of carboxylic acids is 1. The van der Waals surface area contributed by atoms with Crippen LogP contribution in [0.25, 0.3) is 0 Å². The summed E-state index contributed by atoms with van der Waals surface area (Å²) in [5.41, 5.74) is 6.42. The summed E-state index contributed by atoms with van der Waals surface area (Å²) < 4.78 is 0. The van der Waals surface area contributed by atoms with E-state index in [1.54, 1.807) is 24.3 Å². The van der Waals surface area contributed by atoms with Crippen LogP contribution in [0.5, 0.6) is 0 Å². The molecule has 0 bridgehead atoms. The molecule has 168 valence electrons. The van der Waals surface area contributed by atoms with E-state index in [4.69, 9.17) is 5.73 Å². The summed E-state index contributed by atoms with van der Waals surface area (Å²) >= 11 is 2.97. The lowest BCUT2D eigenvalue weighted by atomic mass is 9.92. The molecule has 1 aromatic heterocycles. The van der Waals surface area contributed by atoms with Crippen molar-refractivity contribution < 1.29 is 14.7 Å². The number of hydrogen-bond donors (Lipinski definition) is 3. The minimum absolute atomic E-state index is 0.0944. The lowest BCUT2D eigenvalue weighted by Gasteiger charge is -2.48. The van der Waals surface area contributed by atoms with Crippen LogP contribution in [-0.2, 0) is 9.59 Å². The normalized spacial score (nSPS) is 24.6. The summed E-state index contributed by atoms with van der Waals surface area (Å²) in [5.74, 6) is 0.410. The van der Waals surface area contributed by atoms with Gasteiger partial charge in [0.15, 0.2) is 6.04 Å². The lowest BCUT2D eigenvalue weighted by Crippen LogP contribution is -2.64. The fourth-order valence-electron chi connectivity index (χ4n) is 4.13. The van der Waals surface area contributed by atoms with Gasteiger partial charge in [-0.15, -0.1) is 16.9 Å². The Morgan fingerprint density at radius 3 is 2.94 bits per heavy atom. The monoisotopic (exact) mass is 465 g/mol. The van der Waals surface area contributed by atoms with E-state index in [9.17, 15) is 14.7 Å². The smallest absolute Gasteiger partial charge is 0.352 e. The summed E-state index contributed by atoms with van der Waals surface area (Å²) in [6, 6.07) is -0.515. The maximum Gasteiger partial charge on any atom is 0.352 e. The van der Waals surface area contributed by atoms with E-state index < -0.39 is 12.0 Å². The molecule has 2 fully saturated rings. The van der Waals surface area contributed by atoms with Crippen LogP contribution in [0.2, 0.25) is 0 Å². The number of amides is 1. The maximum absolute atomic E-state index is 12.8. The van der Waals surface area contributed by atoms with Crippen molar-refractivity contribution in [3.8, 4) is 0 Å². The highest BCUT2D eigenvalue weighted by atomic mass is 32.2. The molecule has 3 aliphatic rings. The number of aromatic amines is 1. The van der Waals surface area contributed by atoms with E-state index in [1.807, 2.05) is 0 Å². The first-order valence-electron chi connectivity index (χ1n) is 10.4. The molecule has 1 aromatic rings. The molecule has 0 aromatic carbocycles. The molecule has 10 nitrogen and oxygen atoms in total. The van der Waals surface area contributed by atoms with Crippen LogP contribution in [0.4, 0.5) is 0 Å². The number of carboxylic acid groups (broad SMARTS) is 1. The number of β-lactam (4-membered cyclic amide) rings is 1. The first kappa shape index (κ1) is 22.2. The largest absolute Gasteiger partial charge is 0.477 e. The molecule has 12 heteroatoms. The zero-order chi connectivity index (χ0) is 21.8. The zero-order valence-electron chi connectivity index (χ0n) is 17.1. The van der Waals surface area contributed by atoms with Gasteiger partial charge in [-0.25, -0.2) is 4.79 Å². The molecule has 0 aliphatic carbocycles. The molecule has 2 saturated heterocycles. The van der Waals surface area contributed by atoms with Crippen molar-refractivity contribution in [2.75, 3.05) is 31.1 Å². The summed E-state index contributed by atoms with van der Waals surface area (Å²) in [6.45, 7) is 2.62. The second-order valence-electron chi connectivity index (χ2n) is 7.88. The quantitative estimate of drug-likeness (QED) is 0.211. The molecule has 4 rings (SSSR count). The molecule has 0 radical (unpaired) electrons. The average molecular weight is 466 g/mol. The van der Waals surface area contributed by atoms with Crippen LogP contribution in [0.15, 0.2) is 27.5 Å². The van der Waals surface area contributed by atoms with Crippen molar-refractivity contribution >= 4 is 41.7 Å². The van der Waals surface area contributed by atoms with Gasteiger partial charge in [0.25, 0.3) is 5.91 Å². The first-order valence-corrected chi connectivity index (χ1v) is 12.5. The summed E-state index contributed by atoms with van der Waals surface area (Å²) in [7, 11) is 0. The standard InChI is InChI=1S/C19H27N7O3S2/c20-5-1-2-12-3-6-25(7-4-12)11-21-15-17(27)26-16(19(28)29)13(10-31-18(15)26)9-30-14-8-22-24-23-14/h8,11-12,15,18H,1-7,9-10,20H2,(H,28,29)(H,22,23,24)/t15?,18-/m1/s1. The summed E-state index contributed by atoms with van der Waals surface area (Å²) in [5, 5.41) is 20.5. The number of rotatable bonds is 9. The molecule has 1 amide bonds. The van der Waals surface area contributed by atoms with Gasteiger partial charge >= 0.3 is 5.97 Å². The molecular weight excluding hydrogens is 438 g/mol. The Kier molecular flexibility index (Phi) is 7.18. The minimum atomic E-state index is -1.07. The van der Waals surface area contributed by atoms with E-state index >= 15 is 0 Å². The number of hydrogen-bond acceptors (Lipinski definition) is 8. The van der Waals surface area contributed by atoms with Crippen molar-refractivity contribution in [2.24, 2.45) is 16.6 Å². The lowest BCUT2D eigenvalue weighted by molar-refractivity contribution is -0.147. The number of aromatic nitrogens is 3. The predicted octanol–water partition coefficient (Wildman–Crippen LogP) is 0.998. The third-order valence-electron chi connectivity index (χ3n) is 5.87. The van der Waals surface area contributed by atoms with Crippen molar-refractivity contribution in [2.45, 2.75) is 42.1 Å². The Morgan fingerprint density at radius 1 is 1.45 bits per heavy atom.